The van der Waals surface area contributed by atoms with E-state index in [-0.39, 0.29) is 0 Å². The smallest absolute Gasteiger partial charge is 0.105 e. The molecule has 0 radical (unpaired) electrons. The van der Waals surface area contributed by atoms with E-state index in [9.17, 15) is 5.11 Å². The van der Waals surface area contributed by atoms with Crippen LogP contribution in [0.5, 0.6) is 0 Å². The van der Waals surface area contributed by atoms with Crippen LogP contribution in [0.15, 0.2) is 35.7 Å². The molecule has 0 aliphatic heterocycles. The van der Waals surface area contributed by atoms with E-state index in [4.69, 9.17) is 0 Å². The Morgan fingerprint density at radius 2 is 2.06 bits per heavy atom. The van der Waals surface area contributed by atoms with Crippen LogP contribution in [-0.2, 0) is 6.54 Å². The molecule has 0 amide bonds. The summed E-state index contributed by atoms with van der Waals surface area (Å²) < 4.78 is 1.20. The first-order valence-corrected chi connectivity index (χ1v) is 7.68. The van der Waals surface area contributed by atoms with Crippen molar-refractivity contribution in [3.63, 3.8) is 0 Å². The zero-order valence-electron chi connectivity index (χ0n) is 10.4. The van der Waals surface area contributed by atoms with Gasteiger partial charge >= 0.3 is 0 Å². The minimum Gasteiger partial charge on any atom is -0.384 e. The Bertz CT molecular complexity index is 524. The Hall–Kier alpha value is -0.430. The van der Waals surface area contributed by atoms with E-state index in [0.29, 0.717) is 0 Å². The molecule has 0 saturated heterocycles. The Labute approximate surface area is 125 Å². The van der Waals surface area contributed by atoms with Crippen molar-refractivity contribution in [2.24, 2.45) is 0 Å². The molecule has 1 atom stereocenters. The standard InChI is InChI=1S/C14H16INOS/c1-16(2)8-10-5-3-4-6-12(10)14(17)11-7-13(15)18-9-11/h3-7,9,14,17H,8H2,1-2H3. The van der Waals surface area contributed by atoms with Gasteiger partial charge in [0.1, 0.15) is 6.10 Å². The highest BCUT2D eigenvalue weighted by Crippen LogP contribution is 2.29. The molecule has 0 saturated carbocycles. The van der Waals surface area contributed by atoms with Crippen LogP contribution in [0.4, 0.5) is 0 Å². The van der Waals surface area contributed by atoms with Crippen molar-refractivity contribution in [1.82, 2.24) is 4.90 Å². The number of halogens is 1. The molecule has 1 aromatic carbocycles. The second-order valence-electron chi connectivity index (χ2n) is 4.52. The third-order valence-electron chi connectivity index (χ3n) is 2.74. The van der Waals surface area contributed by atoms with E-state index in [1.807, 2.05) is 43.7 Å². The molecule has 0 bridgehead atoms. The maximum atomic E-state index is 10.5. The Morgan fingerprint density at radius 1 is 1.33 bits per heavy atom. The lowest BCUT2D eigenvalue weighted by atomic mass is 9.98. The van der Waals surface area contributed by atoms with Crippen LogP contribution >= 0.6 is 33.9 Å². The van der Waals surface area contributed by atoms with Gasteiger partial charge in [-0.15, -0.1) is 11.3 Å². The normalized spacial score (nSPS) is 12.9. The lowest BCUT2D eigenvalue weighted by Crippen LogP contribution is -2.13. The van der Waals surface area contributed by atoms with Crippen LogP contribution in [0.25, 0.3) is 0 Å². The summed E-state index contributed by atoms with van der Waals surface area (Å²) in [6.07, 6.45) is -0.527. The van der Waals surface area contributed by atoms with Crippen molar-refractivity contribution < 1.29 is 5.11 Å². The molecule has 96 valence electrons. The van der Waals surface area contributed by atoms with Crippen LogP contribution in [0, 0.1) is 2.88 Å². The minimum absolute atomic E-state index is 0.527. The van der Waals surface area contributed by atoms with Gasteiger partial charge < -0.3 is 10.0 Å². The van der Waals surface area contributed by atoms with E-state index in [1.165, 1.54) is 8.45 Å². The van der Waals surface area contributed by atoms with Crippen LogP contribution in [0.2, 0.25) is 0 Å². The SMILES string of the molecule is CN(C)Cc1ccccc1C(O)c1csc(I)c1. The molecule has 2 aromatic rings. The van der Waals surface area contributed by atoms with Gasteiger partial charge in [0.05, 0.1) is 2.88 Å². The molecular formula is C14H16INOS. The second-order valence-corrected chi connectivity index (χ2v) is 7.33. The van der Waals surface area contributed by atoms with Crippen LogP contribution in [0.3, 0.4) is 0 Å². The minimum atomic E-state index is -0.527. The highest BCUT2D eigenvalue weighted by Gasteiger charge is 2.15. The van der Waals surface area contributed by atoms with E-state index in [1.54, 1.807) is 11.3 Å². The van der Waals surface area contributed by atoms with Crippen molar-refractivity contribution in [3.8, 4) is 0 Å². The highest BCUT2D eigenvalue weighted by molar-refractivity contribution is 14.1. The Kier molecular flexibility index (Phi) is 4.77. The molecular weight excluding hydrogens is 357 g/mol. The molecule has 2 nitrogen and oxygen atoms in total. The highest BCUT2D eigenvalue weighted by atomic mass is 127. The number of aliphatic hydroxyl groups is 1. The summed E-state index contributed by atoms with van der Waals surface area (Å²) in [6.45, 7) is 0.842. The number of hydrogen-bond donors (Lipinski definition) is 1. The van der Waals surface area contributed by atoms with Gasteiger partial charge in [0, 0.05) is 6.54 Å². The van der Waals surface area contributed by atoms with Crippen molar-refractivity contribution in [2.45, 2.75) is 12.6 Å². The van der Waals surface area contributed by atoms with Crippen LogP contribution in [0.1, 0.15) is 22.8 Å². The summed E-state index contributed by atoms with van der Waals surface area (Å²) in [6, 6.07) is 10.1. The Balaban J connectivity index is 2.32. The van der Waals surface area contributed by atoms with Gasteiger partial charge in [-0.2, -0.15) is 0 Å². The first kappa shape index (κ1) is 14.0. The quantitative estimate of drug-likeness (QED) is 0.830. The van der Waals surface area contributed by atoms with Crippen molar-refractivity contribution in [2.75, 3.05) is 14.1 Å². The predicted octanol–water partition coefficient (Wildman–Crippen LogP) is 3.50. The fourth-order valence-corrected chi connectivity index (χ4v) is 3.32. The van der Waals surface area contributed by atoms with Crippen LogP contribution < -0.4 is 0 Å². The molecule has 1 aromatic heterocycles. The van der Waals surface area contributed by atoms with Crippen molar-refractivity contribution in [3.05, 3.63) is 55.3 Å². The zero-order chi connectivity index (χ0) is 13.1. The zero-order valence-corrected chi connectivity index (χ0v) is 13.4. The van der Waals surface area contributed by atoms with E-state index < -0.39 is 6.10 Å². The summed E-state index contributed by atoms with van der Waals surface area (Å²) in [5.41, 5.74) is 3.16. The molecule has 0 aliphatic carbocycles. The molecule has 0 spiro atoms. The van der Waals surface area contributed by atoms with Crippen LogP contribution in [-0.4, -0.2) is 24.1 Å². The summed E-state index contributed by atoms with van der Waals surface area (Å²) in [4.78, 5) is 2.11. The second kappa shape index (κ2) is 6.14. The first-order valence-electron chi connectivity index (χ1n) is 5.72. The number of benzene rings is 1. The maximum Gasteiger partial charge on any atom is 0.105 e. The molecule has 4 heteroatoms. The summed E-state index contributed by atoms with van der Waals surface area (Å²) in [5.74, 6) is 0. The Morgan fingerprint density at radius 3 is 2.67 bits per heavy atom. The third kappa shape index (κ3) is 3.32. The monoisotopic (exact) mass is 373 g/mol. The molecule has 0 fully saturated rings. The van der Waals surface area contributed by atoms with E-state index in [2.05, 4.69) is 33.6 Å². The lowest BCUT2D eigenvalue weighted by Gasteiger charge is -2.17. The molecule has 1 unspecified atom stereocenters. The first-order chi connectivity index (χ1) is 8.58. The largest absolute Gasteiger partial charge is 0.384 e. The van der Waals surface area contributed by atoms with Gasteiger partial charge in [-0.05, 0) is 64.8 Å². The van der Waals surface area contributed by atoms with E-state index in [0.717, 1.165) is 17.7 Å². The topological polar surface area (TPSA) is 23.5 Å². The third-order valence-corrected chi connectivity index (χ3v) is 4.55. The fraction of sp³-hybridized carbons (Fsp3) is 0.286. The lowest BCUT2D eigenvalue weighted by molar-refractivity contribution is 0.218. The number of thiophene rings is 1. The van der Waals surface area contributed by atoms with Gasteiger partial charge in [-0.25, -0.2) is 0 Å². The molecule has 1 heterocycles. The van der Waals surface area contributed by atoms with Gasteiger partial charge in [-0.3, -0.25) is 0 Å². The summed E-state index contributed by atoms with van der Waals surface area (Å²) in [7, 11) is 4.08. The molecule has 0 aliphatic rings. The van der Waals surface area contributed by atoms with Gasteiger partial charge in [0.2, 0.25) is 0 Å². The van der Waals surface area contributed by atoms with Crippen molar-refractivity contribution >= 4 is 33.9 Å². The van der Waals surface area contributed by atoms with Gasteiger partial charge in [0.25, 0.3) is 0 Å². The average Bonchev–Trinajstić information content (AvgIpc) is 2.75. The number of nitrogens with zero attached hydrogens (tertiary/aromatic N) is 1. The molecule has 2 rings (SSSR count). The average molecular weight is 373 g/mol. The maximum absolute atomic E-state index is 10.5. The summed E-state index contributed by atoms with van der Waals surface area (Å²) >= 11 is 3.94. The summed E-state index contributed by atoms with van der Waals surface area (Å²) in [5, 5.41) is 12.5. The molecule has 1 N–H and O–H groups in total. The number of rotatable bonds is 4. The van der Waals surface area contributed by atoms with Crippen molar-refractivity contribution in [1.29, 1.82) is 0 Å². The van der Waals surface area contributed by atoms with Gasteiger partial charge in [0.15, 0.2) is 0 Å². The number of hydrogen-bond acceptors (Lipinski definition) is 3. The fourth-order valence-electron chi connectivity index (χ4n) is 1.93. The number of aliphatic hydroxyl groups excluding tert-OH is 1. The van der Waals surface area contributed by atoms with Gasteiger partial charge in [-0.1, -0.05) is 24.3 Å². The van der Waals surface area contributed by atoms with E-state index >= 15 is 0 Å². The molecule has 18 heavy (non-hydrogen) atoms. The predicted molar refractivity (Wildman–Crippen MR) is 84.9 cm³/mol.